The molecule has 0 fully saturated rings. The average molecular weight is 255 g/mol. The first-order valence-corrected chi connectivity index (χ1v) is 7.20. The third-order valence-corrected chi connectivity index (χ3v) is 4.52. The first-order chi connectivity index (χ1) is 7.63. The van der Waals surface area contributed by atoms with E-state index in [1.54, 1.807) is 24.3 Å². The Balaban J connectivity index is 2.94. The van der Waals surface area contributed by atoms with Crippen molar-refractivity contribution in [3.05, 3.63) is 29.8 Å². The summed E-state index contributed by atoms with van der Waals surface area (Å²) in [6, 6.07) is 6.75. The van der Waals surface area contributed by atoms with Gasteiger partial charge in [-0.2, -0.15) is 0 Å². The van der Waals surface area contributed by atoms with Gasteiger partial charge in [-0.15, -0.1) is 0 Å². The van der Waals surface area contributed by atoms with Crippen LogP contribution in [0.4, 0.5) is 0 Å². The van der Waals surface area contributed by atoms with E-state index in [4.69, 9.17) is 0 Å². The lowest BCUT2D eigenvalue weighted by molar-refractivity contribution is 0.317. The van der Waals surface area contributed by atoms with Gasteiger partial charge >= 0.3 is 0 Å². The van der Waals surface area contributed by atoms with Gasteiger partial charge in [0.1, 0.15) is 0 Å². The van der Waals surface area contributed by atoms with Crippen LogP contribution in [0.15, 0.2) is 29.2 Å². The van der Waals surface area contributed by atoms with Crippen molar-refractivity contribution in [2.75, 3.05) is 0 Å². The van der Waals surface area contributed by atoms with Crippen molar-refractivity contribution in [1.82, 2.24) is 4.72 Å². The molecule has 0 radical (unpaired) electrons. The molecular formula is C13H21NO2S. The van der Waals surface area contributed by atoms with E-state index in [0.29, 0.717) is 4.90 Å². The van der Waals surface area contributed by atoms with Crippen LogP contribution in [-0.4, -0.2) is 14.5 Å². The molecule has 0 heterocycles. The van der Waals surface area contributed by atoms with E-state index in [1.165, 1.54) is 0 Å². The summed E-state index contributed by atoms with van der Waals surface area (Å²) in [6.45, 7) is 9.84. The quantitative estimate of drug-likeness (QED) is 0.902. The molecule has 0 saturated carbocycles. The van der Waals surface area contributed by atoms with Gasteiger partial charge in [0.05, 0.1) is 4.90 Å². The molecule has 3 nitrogen and oxygen atoms in total. The van der Waals surface area contributed by atoms with Crippen molar-refractivity contribution in [1.29, 1.82) is 0 Å². The van der Waals surface area contributed by atoms with Gasteiger partial charge in [-0.05, 0) is 31.4 Å². The molecule has 1 atom stereocenters. The van der Waals surface area contributed by atoms with E-state index in [0.717, 1.165) is 5.56 Å². The van der Waals surface area contributed by atoms with Crippen molar-refractivity contribution in [3.63, 3.8) is 0 Å². The fourth-order valence-electron chi connectivity index (χ4n) is 1.19. The smallest absolute Gasteiger partial charge is 0.208 e. The second-order valence-corrected chi connectivity index (χ2v) is 7.24. The topological polar surface area (TPSA) is 46.2 Å². The molecule has 0 aliphatic carbocycles. The summed E-state index contributed by atoms with van der Waals surface area (Å²) in [5, 5.41) is 0. The molecule has 0 aliphatic heterocycles. The van der Waals surface area contributed by atoms with Crippen LogP contribution < -0.4 is 4.72 Å². The zero-order chi connectivity index (χ0) is 13.3. The predicted molar refractivity (Wildman–Crippen MR) is 70.4 cm³/mol. The van der Waals surface area contributed by atoms with Crippen LogP contribution >= 0.6 is 0 Å². The largest absolute Gasteiger partial charge is 0.240 e. The zero-order valence-corrected chi connectivity index (χ0v) is 11.9. The van der Waals surface area contributed by atoms with Crippen molar-refractivity contribution in [2.24, 2.45) is 5.41 Å². The number of aryl methyl sites for hydroxylation is 1. The van der Waals surface area contributed by atoms with Crippen molar-refractivity contribution in [2.45, 2.75) is 45.6 Å². The molecule has 17 heavy (non-hydrogen) atoms. The first-order valence-electron chi connectivity index (χ1n) is 5.72. The molecule has 1 aromatic carbocycles. The summed E-state index contributed by atoms with van der Waals surface area (Å²) >= 11 is 0. The summed E-state index contributed by atoms with van der Waals surface area (Å²) in [5.41, 5.74) is 0.949. The monoisotopic (exact) mass is 255 g/mol. The number of benzene rings is 1. The predicted octanol–water partition coefficient (Wildman–Crippen LogP) is 2.71. The van der Waals surface area contributed by atoms with E-state index in [-0.39, 0.29) is 11.5 Å². The van der Waals surface area contributed by atoms with E-state index in [9.17, 15) is 8.42 Å². The molecule has 96 valence electrons. The normalized spacial score (nSPS) is 14.6. The van der Waals surface area contributed by atoms with Gasteiger partial charge in [-0.3, -0.25) is 0 Å². The van der Waals surface area contributed by atoms with Gasteiger partial charge in [0.2, 0.25) is 10.0 Å². The molecule has 0 bridgehead atoms. The Morgan fingerprint density at radius 1 is 1.12 bits per heavy atom. The van der Waals surface area contributed by atoms with Crippen LogP contribution in [0.3, 0.4) is 0 Å². The van der Waals surface area contributed by atoms with E-state index in [2.05, 4.69) is 4.72 Å². The summed E-state index contributed by atoms with van der Waals surface area (Å²) in [4.78, 5) is 0.319. The number of hydrogen-bond acceptors (Lipinski definition) is 2. The molecule has 1 rings (SSSR count). The second kappa shape index (κ2) is 4.78. The molecule has 0 aliphatic rings. The molecular weight excluding hydrogens is 234 g/mol. The standard InChI is InChI=1S/C13H21NO2S/c1-10-6-8-12(9-7-10)17(15,16)14-11(2)13(3,4)5/h6-9,11,14H,1-5H3. The molecule has 1 N–H and O–H groups in total. The summed E-state index contributed by atoms with van der Waals surface area (Å²) < 4.78 is 26.9. The van der Waals surface area contributed by atoms with Gasteiger partial charge in [0, 0.05) is 6.04 Å². The minimum Gasteiger partial charge on any atom is -0.208 e. The Morgan fingerprint density at radius 3 is 2.00 bits per heavy atom. The highest BCUT2D eigenvalue weighted by Crippen LogP contribution is 2.21. The fraction of sp³-hybridized carbons (Fsp3) is 0.538. The molecule has 1 aromatic rings. The summed E-state index contributed by atoms with van der Waals surface area (Å²) in [7, 11) is -3.41. The van der Waals surface area contributed by atoms with Crippen molar-refractivity contribution in [3.8, 4) is 0 Å². The second-order valence-electron chi connectivity index (χ2n) is 5.52. The van der Waals surface area contributed by atoms with Crippen LogP contribution in [0, 0.1) is 12.3 Å². The summed E-state index contributed by atoms with van der Waals surface area (Å²) in [5.74, 6) is 0. The highest BCUT2D eigenvalue weighted by Gasteiger charge is 2.25. The maximum atomic E-state index is 12.1. The highest BCUT2D eigenvalue weighted by molar-refractivity contribution is 7.89. The zero-order valence-electron chi connectivity index (χ0n) is 11.1. The van der Waals surface area contributed by atoms with Crippen LogP contribution in [0.2, 0.25) is 0 Å². The van der Waals surface area contributed by atoms with Gasteiger partial charge in [-0.25, -0.2) is 13.1 Å². The third kappa shape index (κ3) is 3.82. The lowest BCUT2D eigenvalue weighted by Crippen LogP contribution is -2.41. The van der Waals surface area contributed by atoms with Gasteiger partial charge in [0.25, 0.3) is 0 Å². The average Bonchev–Trinajstić information content (AvgIpc) is 2.16. The SMILES string of the molecule is Cc1ccc(S(=O)(=O)NC(C)C(C)(C)C)cc1. The van der Waals surface area contributed by atoms with Crippen molar-refractivity contribution < 1.29 is 8.42 Å². The Kier molecular flexibility index (Phi) is 3.99. The van der Waals surface area contributed by atoms with Crippen LogP contribution in [0.5, 0.6) is 0 Å². The number of nitrogens with one attached hydrogen (secondary N) is 1. The van der Waals surface area contributed by atoms with E-state index >= 15 is 0 Å². The minimum absolute atomic E-state index is 0.0994. The van der Waals surface area contributed by atoms with Gasteiger partial charge in [0.15, 0.2) is 0 Å². The molecule has 0 saturated heterocycles. The Bertz CT molecular complexity index is 469. The molecule has 1 unspecified atom stereocenters. The summed E-state index contributed by atoms with van der Waals surface area (Å²) in [6.07, 6.45) is 0. The van der Waals surface area contributed by atoms with Crippen LogP contribution in [0.1, 0.15) is 33.3 Å². The minimum atomic E-state index is -3.41. The third-order valence-electron chi connectivity index (χ3n) is 2.96. The van der Waals surface area contributed by atoms with E-state index < -0.39 is 10.0 Å². The molecule has 0 amide bonds. The maximum absolute atomic E-state index is 12.1. The van der Waals surface area contributed by atoms with Crippen molar-refractivity contribution >= 4 is 10.0 Å². The Hall–Kier alpha value is -0.870. The lowest BCUT2D eigenvalue weighted by Gasteiger charge is -2.27. The first kappa shape index (κ1) is 14.2. The number of sulfonamides is 1. The molecule has 0 aromatic heterocycles. The van der Waals surface area contributed by atoms with E-state index in [1.807, 2.05) is 34.6 Å². The van der Waals surface area contributed by atoms with Gasteiger partial charge in [-0.1, -0.05) is 38.5 Å². The number of rotatable bonds is 3. The maximum Gasteiger partial charge on any atom is 0.240 e. The number of hydrogen-bond donors (Lipinski definition) is 1. The molecule has 0 spiro atoms. The van der Waals surface area contributed by atoms with Crippen LogP contribution in [-0.2, 0) is 10.0 Å². The Morgan fingerprint density at radius 2 is 1.59 bits per heavy atom. The van der Waals surface area contributed by atoms with Crippen LogP contribution in [0.25, 0.3) is 0 Å². The molecule has 4 heteroatoms. The lowest BCUT2D eigenvalue weighted by atomic mass is 9.89. The van der Waals surface area contributed by atoms with Gasteiger partial charge < -0.3 is 0 Å². The Labute approximate surface area is 104 Å². The fourth-order valence-corrected chi connectivity index (χ4v) is 2.64. The highest BCUT2D eigenvalue weighted by atomic mass is 32.2.